The normalized spacial score (nSPS) is 18.1. The van der Waals surface area contributed by atoms with Crippen LogP contribution >= 0.6 is 0 Å². The van der Waals surface area contributed by atoms with E-state index in [-0.39, 0.29) is 5.78 Å². The highest BCUT2D eigenvalue weighted by molar-refractivity contribution is 6.03. The fraction of sp³-hybridized carbons (Fsp3) is 0.375. The summed E-state index contributed by atoms with van der Waals surface area (Å²) in [7, 11) is 0. The number of ketones is 1. The van der Waals surface area contributed by atoms with Crippen molar-refractivity contribution in [1.29, 1.82) is 0 Å². The van der Waals surface area contributed by atoms with Gasteiger partial charge in [0, 0.05) is 11.3 Å². The summed E-state index contributed by atoms with van der Waals surface area (Å²) in [6.45, 7) is 3.78. The lowest BCUT2D eigenvalue weighted by molar-refractivity contribution is -0.114. The van der Waals surface area contributed by atoms with Crippen molar-refractivity contribution >= 4 is 39.6 Å². The molecule has 2 aliphatic rings. The maximum absolute atomic E-state index is 12.5. The Hall–Kier alpha value is -3.15. The van der Waals surface area contributed by atoms with Crippen LogP contribution in [-0.4, -0.2) is 22.3 Å². The van der Waals surface area contributed by atoms with Crippen LogP contribution in [0.2, 0.25) is 0 Å². The molecule has 0 amide bonds. The molecular formula is C24H26N4O2. The molecule has 3 aromatic rings. The number of nitrogens with one attached hydrogen (secondary N) is 2. The average Bonchev–Trinajstić information content (AvgIpc) is 3.32. The molecule has 1 aliphatic heterocycles. The van der Waals surface area contributed by atoms with Crippen LogP contribution in [0.5, 0.6) is 0 Å². The zero-order valence-corrected chi connectivity index (χ0v) is 17.4. The number of carbonyl (C=O) groups excluding carboxylic acids is 1. The van der Waals surface area contributed by atoms with E-state index < -0.39 is 5.54 Å². The number of nitrogens with zero attached hydrogens (tertiary/aromatic N) is 2. The van der Waals surface area contributed by atoms with Crippen LogP contribution in [0.25, 0.3) is 21.9 Å². The van der Waals surface area contributed by atoms with Gasteiger partial charge < -0.3 is 9.73 Å². The van der Waals surface area contributed by atoms with Gasteiger partial charge in [0.2, 0.25) is 5.96 Å². The fourth-order valence-electron chi connectivity index (χ4n) is 4.91. The maximum Gasteiger partial charge on any atom is 0.302 e. The molecule has 2 heterocycles. The molecular weight excluding hydrogens is 376 g/mol. The van der Waals surface area contributed by atoms with Gasteiger partial charge in [0.25, 0.3) is 0 Å². The Labute approximate surface area is 175 Å². The Bertz CT molecular complexity index is 1150. The maximum atomic E-state index is 12.5. The third-order valence-electron chi connectivity index (χ3n) is 6.13. The summed E-state index contributed by atoms with van der Waals surface area (Å²) in [6.07, 6.45) is 5.75. The van der Waals surface area contributed by atoms with Gasteiger partial charge in [0.1, 0.15) is 5.52 Å². The molecule has 5 rings (SSSR count). The molecule has 1 aliphatic carbocycles. The zero-order valence-electron chi connectivity index (χ0n) is 17.4. The monoisotopic (exact) mass is 402 g/mol. The van der Waals surface area contributed by atoms with E-state index in [2.05, 4.69) is 34.7 Å². The molecule has 6 nitrogen and oxygen atoms in total. The van der Waals surface area contributed by atoms with Gasteiger partial charge in [-0.2, -0.15) is 4.98 Å². The van der Waals surface area contributed by atoms with Gasteiger partial charge in [-0.05, 0) is 49.1 Å². The van der Waals surface area contributed by atoms with Gasteiger partial charge in [-0.1, -0.05) is 50.5 Å². The van der Waals surface area contributed by atoms with E-state index in [9.17, 15) is 4.79 Å². The minimum absolute atomic E-state index is 0.115. The van der Waals surface area contributed by atoms with Crippen LogP contribution in [0, 0.1) is 0 Å². The van der Waals surface area contributed by atoms with Crippen molar-refractivity contribution in [2.24, 2.45) is 4.99 Å². The minimum atomic E-state index is -0.426. The lowest BCUT2D eigenvalue weighted by Gasteiger charge is -2.34. The smallest absolute Gasteiger partial charge is 0.302 e. The number of Topliss-reactive ketones (excluding diaryl/α,β-unsaturated/α-hetero) is 1. The number of carbonyl (C=O) groups is 1. The molecule has 1 fully saturated rings. The van der Waals surface area contributed by atoms with Crippen LogP contribution in [0.4, 0.5) is 6.01 Å². The first-order valence-corrected chi connectivity index (χ1v) is 10.8. The summed E-state index contributed by atoms with van der Waals surface area (Å²) in [5, 5.41) is 8.84. The molecule has 2 aromatic carbocycles. The van der Waals surface area contributed by atoms with Crippen LogP contribution in [0.15, 0.2) is 57.1 Å². The molecule has 0 atom stereocenters. The molecule has 0 radical (unpaired) electrons. The standard InChI is InChI=1S/C24H26N4O2/c1-3-8-18-21(15(2)29)24(11-6-7-12-24)28-22(25-18)27-23-26-19-13-16-9-4-5-10-17(16)14-20(19)30-23/h4-5,9-10,13-14H,3,6-8,11-12H2,1-2H3,(H2,25,26,27,28). The fourth-order valence-corrected chi connectivity index (χ4v) is 4.91. The van der Waals surface area contributed by atoms with Crippen LogP contribution in [0.1, 0.15) is 52.4 Å². The van der Waals surface area contributed by atoms with E-state index in [0.29, 0.717) is 12.0 Å². The Morgan fingerprint density at radius 2 is 1.93 bits per heavy atom. The highest BCUT2D eigenvalue weighted by Gasteiger charge is 2.43. The van der Waals surface area contributed by atoms with Gasteiger partial charge in [0.05, 0.1) is 5.54 Å². The van der Waals surface area contributed by atoms with E-state index in [4.69, 9.17) is 9.41 Å². The number of allylic oxidation sites excluding steroid dienone is 1. The number of guanidine groups is 1. The van der Waals surface area contributed by atoms with Gasteiger partial charge in [-0.15, -0.1) is 0 Å². The number of hydrogen-bond acceptors (Lipinski definition) is 6. The van der Waals surface area contributed by atoms with Crippen LogP contribution in [-0.2, 0) is 4.79 Å². The molecule has 1 spiro atoms. The van der Waals surface area contributed by atoms with Crippen molar-refractivity contribution in [1.82, 2.24) is 10.3 Å². The highest BCUT2D eigenvalue weighted by atomic mass is 16.4. The Morgan fingerprint density at radius 3 is 2.63 bits per heavy atom. The Morgan fingerprint density at radius 1 is 1.20 bits per heavy atom. The van der Waals surface area contributed by atoms with Gasteiger partial charge in [-0.3, -0.25) is 10.1 Å². The number of benzene rings is 2. The van der Waals surface area contributed by atoms with E-state index in [1.54, 1.807) is 6.92 Å². The lowest BCUT2D eigenvalue weighted by Crippen LogP contribution is -2.44. The van der Waals surface area contributed by atoms with E-state index in [0.717, 1.165) is 71.7 Å². The quantitative estimate of drug-likeness (QED) is 0.618. The van der Waals surface area contributed by atoms with Crippen molar-refractivity contribution in [2.75, 3.05) is 5.32 Å². The summed E-state index contributed by atoms with van der Waals surface area (Å²) in [5.74, 6) is 0.727. The number of fused-ring (bicyclic) bond motifs is 2. The van der Waals surface area contributed by atoms with Crippen molar-refractivity contribution in [3.05, 3.63) is 47.7 Å². The average molecular weight is 402 g/mol. The first-order chi connectivity index (χ1) is 14.6. The van der Waals surface area contributed by atoms with Crippen LogP contribution in [0.3, 0.4) is 0 Å². The molecule has 2 N–H and O–H groups in total. The van der Waals surface area contributed by atoms with Gasteiger partial charge in [0.15, 0.2) is 11.4 Å². The molecule has 0 bridgehead atoms. The first-order valence-electron chi connectivity index (χ1n) is 10.8. The SMILES string of the molecule is CCCC1=C(C(C)=O)C2(CCCC2)N=C(Nc2nc3cc4ccccc4cc3o2)N1. The molecule has 0 saturated heterocycles. The molecule has 154 valence electrons. The lowest BCUT2D eigenvalue weighted by atomic mass is 9.83. The van der Waals surface area contributed by atoms with E-state index in [1.165, 1.54) is 0 Å². The summed E-state index contributed by atoms with van der Waals surface area (Å²) in [5.41, 5.74) is 2.95. The van der Waals surface area contributed by atoms with Gasteiger partial charge in [-0.25, -0.2) is 4.99 Å². The Balaban J connectivity index is 1.51. The second-order valence-corrected chi connectivity index (χ2v) is 8.29. The molecule has 6 heteroatoms. The van der Waals surface area contributed by atoms with Crippen molar-refractivity contribution in [2.45, 2.75) is 57.9 Å². The highest BCUT2D eigenvalue weighted by Crippen LogP contribution is 2.43. The van der Waals surface area contributed by atoms with E-state index >= 15 is 0 Å². The van der Waals surface area contributed by atoms with E-state index in [1.807, 2.05) is 24.3 Å². The molecule has 30 heavy (non-hydrogen) atoms. The van der Waals surface area contributed by atoms with Gasteiger partial charge >= 0.3 is 6.01 Å². The molecule has 1 aromatic heterocycles. The number of anilines is 1. The zero-order chi connectivity index (χ0) is 20.7. The Kier molecular flexibility index (Phi) is 4.57. The third kappa shape index (κ3) is 3.16. The third-order valence-corrected chi connectivity index (χ3v) is 6.13. The van der Waals surface area contributed by atoms with Crippen LogP contribution < -0.4 is 10.6 Å². The second kappa shape index (κ2) is 7.27. The molecule has 1 saturated carbocycles. The second-order valence-electron chi connectivity index (χ2n) is 8.29. The largest absolute Gasteiger partial charge is 0.423 e. The van der Waals surface area contributed by atoms with Crippen molar-refractivity contribution < 1.29 is 9.21 Å². The summed E-state index contributed by atoms with van der Waals surface area (Å²) in [6, 6.07) is 12.6. The number of hydrogen-bond donors (Lipinski definition) is 2. The number of aromatic nitrogens is 1. The number of aliphatic imine (C=N–C) groups is 1. The predicted molar refractivity (Wildman–Crippen MR) is 120 cm³/mol. The topological polar surface area (TPSA) is 79.5 Å². The van der Waals surface area contributed by atoms with Crippen molar-refractivity contribution in [3.8, 4) is 0 Å². The summed E-state index contributed by atoms with van der Waals surface area (Å²) in [4.78, 5) is 22.1. The summed E-state index contributed by atoms with van der Waals surface area (Å²) < 4.78 is 5.97. The first kappa shape index (κ1) is 18.9. The summed E-state index contributed by atoms with van der Waals surface area (Å²) >= 11 is 0. The number of oxazole rings is 1. The minimum Gasteiger partial charge on any atom is -0.423 e. The number of rotatable bonds is 4. The van der Waals surface area contributed by atoms with Crippen molar-refractivity contribution in [3.63, 3.8) is 0 Å². The molecule has 0 unspecified atom stereocenters. The predicted octanol–water partition coefficient (Wildman–Crippen LogP) is 5.31.